The average molecular weight is 459 g/mol. The van der Waals surface area contributed by atoms with E-state index in [2.05, 4.69) is 19.0 Å². The highest BCUT2D eigenvalue weighted by molar-refractivity contribution is 7.92. The number of benzene rings is 2. The summed E-state index contributed by atoms with van der Waals surface area (Å²) in [6.07, 6.45) is 5.24. The maximum absolute atomic E-state index is 13.4. The van der Waals surface area contributed by atoms with Gasteiger partial charge >= 0.3 is 0 Å². The molecule has 1 aromatic heterocycles. The third-order valence-corrected chi connectivity index (χ3v) is 6.94. The lowest BCUT2D eigenvalue weighted by atomic mass is 10.0. The Bertz CT molecular complexity index is 1260. The first-order chi connectivity index (χ1) is 15.2. The number of anilines is 1. The third-order valence-electron chi connectivity index (χ3n) is 5.76. The van der Waals surface area contributed by atoms with Gasteiger partial charge in [0.2, 0.25) is 10.0 Å². The Hall–Kier alpha value is -2.87. The van der Waals surface area contributed by atoms with Crippen LogP contribution in [0.3, 0.4) is 0 Å². The van der Waals surface area contributed by atoms with Crippen molar-refractivity contribution in [1.82, 2.24) is 0 Å². The molecule has 170 valence electrons. The normalized spacial score (nSPS) is 14.7. The van der Waals surface area contributed by atoms with Gasteiger partial charge < -0.3 is 9.62 Å². The minimum atomic E-state index is -3.50. The Kier molecular flexibility index (Phi) is 5.99. The molecule has 1 N–H and O–H groups in total. The lowest BCUT2D eigenvalue weighted by Gasteiger charge is -2.26. The van der Waals surface area contributed by atoms with Gasteiger partial charge in [0, 0.05) is 23.6 Å². The van der Waals surface area contributed by atoms with Crippen molar-refractivity contribution >= 4 is 32.9 Å². The summed E-state index contributed by atoms with van der Waals surface area (Å²) in [7, 11) is -3.50. The molecule has 0 saturated heterocycles. The molecule has 0 spiro atoms. The summed E-state index contributed by atoms with van der Waals surface area (Å²) < 4.78 is 46.4. The van der Waals surface area contributed by atoms with Crippen LogP contribution in [0.4, 0.5) is 10.1 Å². The highest BCUT2D eigenvalue weighted by Gasteiger charge is 2.32. The standard InChI is InChI=1S/C24H27FN2O4S/c1-15(2)10-11-27(32(3,29)30)22-13-23-20(12-19(22)16-4-5-16)21(14-26-28)24(31-23)17-6-8-18(25)9-7-17/h6-9,12-16,28H,4-5,10-11H2,1-3H3/b26-14-. The van der Waals surface area contributed by atoms with Gasteiger partial charge in [-0.25, -0.2) is 12.8 Å². The number of hydrogen-bond acceptors (Lipinski definition) is 5. The van der Waals surface area contributed by atoms with Gasteiger partial charge in [-0.05, 0) is 67.0 Å². The van der Waals surface area contributed by atoms with E-state index in [0.717, 1.165) is 30.2 Å². The minimum absolute atomic E-state index is 0.279. The number of fused-ring (bicyclic) bond motifs is 1. The van der Waals surface area contributed by atoms with Crippen LogP contribution in [0, 0.1) is 11.7 Å². The number of furan rings is 1. The quantitative estimate of drug-likeness (QED) is 0.265. The van der Waals surface area contributed by atoms with E-state index in [9.17, 15) is 18.0 Å². The van der Waals surface area contributed by atoms with Crippen molar-refractivity contribution in [3.05, 3.63) is 53.3 Å². The van der Waals surface area contributed by atoms with Crippen molar-refractivity contribution in [1.29, 1.82) is 0 Å². The summed E-state index contributed by atoms with van der Waals surface area (Å²) in [6, 6.07) is 9.57. The minimum Gasteiger partial charge on any atom is -0.455 e. The van der Waals surface area contributed by atoms with E-state index in [0.29, 0.717) is 40.6 Å². The fraction of sp³-hybridized carbons (Fsp3) is 0.375. The second kappa shape index (κ2) is 8.58. The lowest BCUT2D eigenvalue weighted by Crippen LogP contribution is -2.32. The SMILES string of the molecule is CC(C)CCN(c1cc2oc(-c3ccc(F)cc3)c(/C=N\O)c2cc1C1CC1)S(C)(=O)=O. The monoisotopic (exact) mass is 458 g/mol. The number of nitrogens with zero attached hydrogens (tertiary/aromatic N) is 2. The largest absolute Gasteiger partial charge is 0.455 e. The van der Waals surface area contributed by atoms with Gasteiger partial charge in [-0.2, -0.15) is 0 Å². The molecule has 0 unspecified atom stereocenters. The Balaban J connectivity index is 1.93. The van der Waals surface area contributed by atoms with Gasteiger partial charge in [-0.3, -0.25) is 4.31 Å². The fourth-order valence-corrected chi connectivity index (χ4v) is 4.90. The van der Waals surface area contributed by atoms with Crippen molar-refractivity contribution in [3.8, 4) is 11.3 Å². The van der Waals surface area contributed by atoms with Crippen molar-refractivity contribution in [3.63, 3.8) is 0 Å². The number of oxime groups is 1. The number of halogens is 1. The molecular formula is C24H27FN2O4S. The molecule has 1 aliphatic rings. The molecule has 0 amide bonds. The zero-order chi connectivity index (χ0) is 23.0. The predicted molar refractivity (Wildman–Crippen MR) is 125 cm³/mol. The molecule has 1 saturated carbocycles. The number of rotatable bonds is 8. The summed E-state index contributed by atoms with van der Waals surface area (Å²) in [6.45, 7) is 4.51. The molecule has 8 heteroatoms. The number of sulfonamides is 1. The maximum atomic E-state index is 13.4. The van der Waals surface area contributed by atoms with Gasteiger partial charge in [0.15, 0.2) is 0 Å². The molecule has 4 rings (SSSR count). The molecule has 2 aromatic carbocycles. The Morgan fingerprint density at radius 1 is 1.25 bits per heavy atom. The molecule has 1 heterocycles. The molecule has 32 heavy (non-hydrogen) atoms. The van der Waals surface area contributed by atoms with Crippen molar-refractivity contribution in [2.24, 2.45) is 11.1 Å². The van der Waals surface area contributed by atoms with Gasteiger partial charge in [-0.15, -0.1) is 0 Å². The third kappa shape index (κ3) is 4.50. The van der Waals surface area contributed by atoms with E-state index >= 15 is 0 Å². The molecule has 0 bridgehead atoms. The first-order valence-corrected chi connectivity index (χ1v) is 12.6. The summed E-state index contributed by atoms with van der Waals surface area (Å²) in [4.78, 5) is 0. The first-order valence-electron chi connectivity index (χ1n) is 10.7. The van der Waals surface area contributed by atoms with Crippen LogP contribution in [0.1, 0.15) is 50.2 Å². The molecular weight excluding hydrogens is 431 g/mol. The van der Waals surface area contributed by atoms with Crippen LogP contribution in [0.2, 0.25) is 0 Å². The number of hydrogen-bond donors (Lipinski definition) is 1. The predicted octanol–water partition coefficient (Wildman–Crippen LogP) is 5.74. The second-order valence-electron chi connectivity index (χ2n) is 8.80. The van der Waals surface area contributed by atoms with Crippen molar-refractivity contribution in [2.45, 2.75) is 39.0 Å². The van der Waals surface area contributed by atoms with Crippen molar-refractivity contribution in [2.75, 3.05) is 17.1 Å². The summed E-state index contributed by atoms with van der Waals surface area (Å²) in [5, 5.41) is 13.2. The summed E-state index contributed by atoms with van der Waals surface area (Å²) in [5.74, 6) is 0.702. The lowest BCUT2D eigenvalue weighted by molar-refractivity contribution is 0.322. The molecule has 0 atom stereocenters. The van der Waals surface area contributed by atoms with Crippen molar-refractivity contribution < 1.29 is 22.4 Å². The first kappa shape index (κ1) is 22.3. The van der Waals surface area contributed by atoms with Gasteiger partial charge in [0.25, 0.3) is 0 Å². The van der Waals surface area contributed by atoms with Crippen LogP contribution in [-0.2, 0) is 10.0 Å². The van der Waals surface area contributed by atoms with E-state index in [1.165, 1.54) is 28.9 Å². The van der Waals surface area contributed by atoms with Crippen LogP contribution < -0.4 is 4.31 Å². The summed E-state index contributed by atoms with van der Waals surface area (Å²) in [5.41, 5.74) is 3.26. The second-order valence-corrected chi connectivity index (χ2v) is 10.7. The highest BCUT2D eigenvalue weighted by Crippen LogP contribution is 2.47. The van der Waals surface area contributed by atoms with Gasteiger partial charge in [-0.1, -0.05) is 19.0 Å². The van der Waals surface area contributed by atoms with Crippen LogP contribution >= 0.6 is 0 Å². The van der Waals surface area contributed by atoms with Crippen LogP contribution in [0.25, 0.3) is 22.3 Å². The van der Waals surface area contributed by atoms with E-state index in [-0.39, 0.29) is 11.7 Å². The van der Waals surface area contributed by atoms with E-state index in [1.807, 2.05) is 6.07 Å². The van der Waals surface area contributed by atoms with Gasteiger partial charge in [0.1, 0.15) is 17.2 Å². The highest BCUT2D eigenvalue weighted by atomic mass is 32.2. The molecule has 6 nitrogen and oxygen atoms in total. The van der Waals surface area contributed by atoms with E-state index < -0.39 is 10.0 Å². The Labute approximate surface area is 187 Å². The molecule has 0 aliphatic heterocycles. The van der Waals surface area contributed by atoms with Crippen LogP contribution in [-0.4, -0.2) is 32.6 Å². The smallest absolute Gasteiger partial charge is 0.232 e. The van der Waals surface area contributed by atoms with Gasteiger partial charge in [0.05, 0.1) is 23.7 Å². The average Bonchev–Trinajstić information content (AvgIpc) is 3.50. The molecule has 1 fully saturated rings. The topological polar surface area (TPSA) is 83.1 Å². The Morgan fingerprint density at radius 2 is 1.94 bits per heavy atom. The maximum Gasteiger partial charge on any atom is 0.232 e. The fourth-order valence-electron chi connectivity index (χ4n) is 3.95. The zero-order valence-electron chi connectivity index (χ0n) is 18.4. The summed E-state index contributed by atoms with van der Waals surface area (Å²) >= 11 is 0. The Morgan fingerprint density at radius 3 is 2.50 bits per heavy atom. The van der Waals surface area contributed by atoms with Crippen LogP contribution in [0.5, 0.6) is 0 Å². The zero-order valence-corrected chi connectivity index (χ0v) is 19.2. The van der Waals surface area contributed by atoms with E-state index in [4.69, 9.17) is 4.42 Å². The molecule has 1 aliphatic carbocycles. The van der Waals surface area contributed by atoms with E-state index in [1.54, 1.807) is 18.2 Å². The van der Waals surface area contributed by atoms with Crippen LogP contribution in [0.15, 0.2) is 46.0 Å². The molecule has 3 aromatic rings. The molecule has 0 radical (unpaired) electrons.